The summed E-state index contributed by atoms with van der Waals surface area (Å²) in [4.78, 5) is 10.9. The Morgan fingerprint density at radius 2 is 2.14 bits per heavy atom. The molecule has 0 bridgehead atoms. The fraction of sp³-hybridized carbons (Fsp3) is 0.333. The lowest BCUT2D eigenvalue weighted by Crippen LogP contribution is -2.30. The molecule has 0 unspecified atom stereocenters. The highest BCUT2D eigenvalue weighted by molar-refractivity contribution is 6.31. The smallest absolute Gasteiger partial charge is 0.165 e. The average molecular weight is 417 g/mol. The van der Waals surface area contributed by atoms with Crippen molar-refractivity contribution in [2.75, 3.05) is 32.6 Å². The summed E-state index contributed by atoms with van der Waals surface area (Å²) in [7, 11) is 3.70. The molecular weight excluding hydrogens is 395 g/mol. The van der Waals surface area contributed by atoms with Crippen LogP contribution in [0.5, 0.6) is 11.5 Å². The molecule has 1 aliphatic rings. The van der Waals surface area contributed by atoms with Gasteiger partial charge in [0.25, 0.3) is 0 Å². The Bertz CT molecular complexity index is 1030. The molecule has 8 heteroatoms. The number of aromatic nitrogens is 2. The molecule has 152 valence electrons. The van der Waals surface area contributed by atoms with Gasteiger partial charge in [0.05, 0.1) is 23.3 Å². The maximum atomic E-state index is 14.3. The molecule has 1 fully saturated rings. The number of likely N-dealkylation sites (N-methyl/N-ethyl adjacent to an activating group) is 1. The van der Waals surface area contributed by atoms with Crippen molar-refractivity contribution >= 4 is 34.0 Å². The number of likely N-dealkylation sites (tertiary alicyclic amines) is 1. The Morgan fingerprint density at radius 3 is 2.90 bits per heavy atom. The van der Waals surface area contributed by atoms with E-state index in [1.807, 2.05) is 6.07 Å². The SMILES string of the molecule is COc1cc2ncnc(Nc3cccc(Cl)c3F)c2cc1OC[C@@H]1CCCN1C. The van der Waals surface area contributed by atoms with Crippen LogP contribution in [0.2, 0.25) is 5.02 Å². The minimum absolute atomic E-state index is 0.0414. The van der Waals surface area contributed by atoms with Crippen molar-refractivity contribution in [2.45, 2.75) is 18.9 Å². The molecule has 1 atom stereocenters. The number of rotatable bonds is 6. The topological polar surface area (TPSA) is 59.5 Å². The first-order chi connectivity index (χ1) is 14.1. The summed E-state index contributed by atoms with van der Waals surface area (Å²) in [6, 6.07) is 8.77. The fourth-order valence-corrected chi connectivity index (χ4v) is 3.71. The van der Waals surface area contributed by atoms with Crippen LogP contribution >= 0.6 is 11.6 Å². The van der Waals surface area contributed by atoms with Gasteiger partial charge in [-0.05, 0) is 44.6 Å². The van der Waals surface area contributed by atoms with Crippen molar-refractivity contribution in [1.82, 2.24) is 14.9 Å². The second kappa shape index (κ2) is 8.39. The molecule has 2 heterocycles. The molecule has 0 radical (unpaired) electrons. The van der Waals surface area contributed by atoms with E-state index in [1.54, 1.807) is 25.3 Å². The summed E-state index contributed by atoms with van der Waals surface area (Å²) in [5.41, 5.74) is 0.899. The maximum Gasteiger partial charge on any atom is 0.165 e. The molecule has 1 saturated heterocycles. The second-order valence-corrected chi connectivity index (χ2v) is 7.46. The number of hydrogen-bond donors (Lipinski definition) is 1. The zero-order chi connectivity index (χ0) is 20.4. The lowest BCUT2D eigenvalue weighted by atomic mass is 10.2. The Labute approximate surface area is 173 Å². The van der Waals surface area contributed by atoms with E-state index in [2.05, 4.69) is 27.2 Å². The fourth-order valence-electron chi connectivity index (χ4n) is 3.54. The van der Waals surface area contributed by atoms with Gasteiger partial charge >= 0.3 is 0 Å². The Morgan fingerprint density at radius 1 is 1.28 bits per heavy atom. The number of nitrogens with zero attached hydrogens (tertiary/aromatic N) is 3. The molecule has 3 aromatic rings. The third-order valence-electron chi connectivity index (χ3n) is 5.23. The zero-order valence-electron chi connectivity index (χ0n) is 16.3. The molecule has 1 aromatic heterocycles. The van der Waals surface area contributed by atoms with E-state index in [4.69, 9.17) is 21.1 Å². The van der Waals surface area contributed by atoms with Crippen molar-refractivity contribution in [3.63, 3.8) is 0 Å². The van der Waals surface area contributed by atoms with E-state index in [1.165, 1.54) is 18.8 Å². The van der Waals surface area contributed by atoms with Gasteiger partial charge in [0, 0.05) is 17.5 Å². The van der Waals surface area contributed by atoms with E-state index in [-0.39, 0.29) is 10.7 Å². The number of anilines is 2. The Kier molecular flexibility index (Phi) is 5.69. The summed E-state index contributed by atoms with van der Waals surface area (Å²) in [5.74, 6) is 1.12. The van der Waals surface area contributed by atoms with Crippen LogP contribution in [-0.4, -0.2) is 48.2 Å². The quantitative estimate of drug-likeness (QED) is 0.631. The van der Waals surface area contributed by atoms with Crippen molar-refractivity contribution < 1.29 is 13.9 Å². The number of halogens is 2. The van der Waals surface area contributed by atoms with Crippen LogP contribution in [0.1, 0.15) is 12.8 Å². The number of ether oxygens (including phenoxy) is 2. The predicted octanol–water partition coefficient (Wildman–Crippen LogP) is 4.65. The van der Waals surface area contributed by atoms with Gasteiger partial charge in [0.15, 0.2) is 17.3 Å². The minimum atomic E-state index is -0.532. The Balaban J connectivity index is 1.67. The summed E-state index contributed by atoms with van der Waals surface area (Å²) < 4.78 is 25.9. The van der Waals surface area contributed by atoms with E-state index < -0.39 is 5.82 Å². The van der Waals surface area contributed by atoms with Gasteiger partial charge < -0.3 is 19.7 Å². The molecule has 0 saturated carbocycles. The van der Waals surface area contributed by atoms with Crippen LogP contribution in [0.25, 0.3) is 10.9 Å². The van der Waals surface area contributed by atoms with Crippen LogP contribution in [0.4, 0.5) is 15.9 Å². The standard InChI is InChI=1S/C21H22ClFN4O2/c1-27-8-4-5-13(27)11-29-19-9-14-17(10-18(19)28-2)24-12-25-21(14)26-16-7-3-6-15(22)20(16)23/h3,6-7,9-10,12-13H,4-5,8,11H2,1-2H3,(H,24,25,26)/t13-/m0/s1. The number of benzene rings is 2. The van der Waals surface area contributed by atoms with Gasteiger partial charge in [-0.3, -0.25) is 0 Å². The van der Waals surface area contributed by atoms with E-state index in [0.29, 0.717) is 40.9 Å². The molecule has 29 heavy (non-hydrogen) atoms. The maximum absolute atomic E-state index is 14.3. The summed E-state index contributed by atoms with van der Waals surface area (Å²) in [5, 5.41) is 3.75. The molecule has 0 spiro atoms. The van der Waals surface area contributed by atoms with Crippen LogP contribution < -0.4 is 14.8 Å². The van der Waals surface area contributed by atoms with Crippen LogP contribution in [0, 0.1) is 5.82 Å². The summed E-state index contributed by atoms with van der Waals surface area (Å²) in [6.07, 6.45) is 3.70. The van der Waals surface area contributed by atoms with Crippen molar-refractivity contribution in [2.24, 2.45) is 0 Å². The first-order valence-corrected chi connectivity index (χ1v) is 9.81. The van der Waals surface area contributed by atoms with Gasteiger partial charge in [0.1, 0.15) is 18.8 Å². The largest absolute Gasteiger partial charge is 0.493 e. The van der Waals surface area contributed by atoms with Crippen LogP contribution in [-0.2, 0) is 0 Å². The number of methoxy groups -OCH3 is 1. The summed E-state index contributed by atoms with van der Waals surface area (Å²) >= 11 is 5.89. The number of hydrogen-bond acceptors (Lipinski definition) is 6. The lowest BCUT2D eigenvalue weighted by molar-refractivity contribution is 0.193. The summed E-state index contributed by atoms with van der Waals surface area (Å²) in [6.45, 7) is 1.65. The third-order valence-corrected chi connectivity index (χ3v) is 5.52. The molecule has 1 aliphatic heterocycles. The highest BCUT2D eigenvalue weighted by Gasteiger charge is 2.22. The third kappa shape index (κ3) is 4.06. The van der Waals surface area contributed by atoms with Gasteiger partial charge in [-0.15, -0.1) is 0 Å². The van der Waals surface area contributed by atoms with E-state index >= 15 is 0 Å². The van der Waals surface area contributed by atoms with E-state index in [0.717, 1.165) is 13.0 Å². The normalized spacial score (nSPS) is 16.9. The first-order valence-electron chi connectivity index (χ1n) is 9.43. The zero-order valence-corrected chi connectivity index (χ0v) is 17.0. The van der Waals surface area contributed by atoms with Crippen LogP contribution in [0.3, 0.4) is 0 Å². The second-order valence-electron chi connectivity index (χ2n) is 7.06. The van der Waals surface area contributed by atoms with Gasteiger partial charge in [-0.1, -0.05) is 17.7 Å². The van der Waals surface area contributed by atoms with Crippen molar-refractivity contribution in [1.29, 1.82) is 0 Å². The highest BCUT2D eigenvalue weighted by Crippen LogP contribution is 2.36. The first kappa shape index (κ1) is 19.7. The van der Waals surface area contributed by atoms with Crippen LogP contribution in [0.15, 0.2) is 36.7 Å². The Hall–Kier alpha value is -2.64. The molecule has 0 amide bonds. The molecule has 4 rings (SSSR count). The molecule has 6 nitrogen and oxygen atoms in total. The molecule has 2 aromatic carbocycles. The predicted molar refractivity (Wildman–Crippen MR) is 112 cm³/mol. The van der Waals surface area contributed by atoms with Crippen molar-refractivity contribution in [3.8, 4) is 11.5 Å². The monoisotopic (exact) mass is 416 g/mol. The number of nitrogens with one attached hydrogen (secondary N) is 1. The average Bonchev–Trinajstić information content (AvgIpc) is 3.14. The number of fused-ring (bicyclic) bond motifs is 1. The molecule has 0 aliphatic carbocycles. The van der Waals surface area contributed by atoms with Gasteiger partial charge in [-0.25, -0.2) is 14.4 Å². The lowest BCUT2D eigenvalue weighted by Gasteiger charge is -2.21. The van der Waals surface area contributed by atoms with Gasteiger partial charge in [-0.2, -0.15) is 0 Å². The molecular formula is C21H22ClFN4O2. The van der Waals surface area contributed by atoms with Gasteiger partial charge in [0.2, 0.25) is 0 Å². The molecule has 1 N–H and O–H groups in total. The van der Waals surface area contributed by atoms with E-state index in [9.17, 15) is 4.39 Å². The minimum Gasteiger partial charge on any atom is -0.493 e. The highest BCUT2D eigenvalue weighted by atomic mass is 35.5. The van der Waals surface area contributed by atoms with Crippen molar-refractivity contribution in [3.05, 3.63) is 47.5 Å².